The Kier molecular flexibility index (Phi) is 7.40. The number of halogens is 1. The summed E-state index contributed by atoms with van der Waals surface area (Å²) < 4.78 is 4.99. The van der Waals surface area contributed by atoms with Gasteiger partial charge >= 0.3 is 5.97 Å². The van der Waals surface area contributed by atoms with Crippen LogP contribution >= 0.6 is 11.6 Å². The van der Waals surface area contributed by atoms with Gasteiger partial charge in [0.15, 0.2) is 0 Å². The summed E-state index contributed by atoms with van der Waals surface area (Å²) in [5.41, 5.74) is 3.61. The number of hydrogen-bond donors (Lipinski definition) is 2. The number of carbonyl (C=O) groups is 4. The average Bonchev–Trinajstić information content (AvgIpc) is 3.09. The summed E-state index contributed by atoms with van der Waals surface area (Å²) in [6.45, 7) is 5.71. The summed E-state index contributed by atoms with van der Waals surface area (Å²) in [5.74, 6) is -2.33. The molecule has 0 fully saturated rings. The van der Waals surface area contributed by atoms with Crippen molar-refractivity contribution in [1.29, 1.82) is 0 Å². The lowest BCUT2D eigenvalue weighted by Crippen LogP contribution is -2.32. The predicted octanol–water partition coefficient (Wildman–Crippen LogP) is 5.17. The zero-order valence-corrected chi connectivity index (χ0v) is 21.2. The van der Waals surface area contributed by atoms with Gasteiger partial charge in [-0.2, -0.15) is 0 Å². The lowest BCUT2D eigenvalue weighted by atomic mass is 10.1. The molecule has 3 amide bonds. The average molecular weight is 518 g/mol. The molecule has 0 unspecified atom stereocenters. The highest BCUT2D eigenvalue weighted by molar-refractivity contribution is 6.53. The number of amides is 3. The van der Waals surface area contributed by atoms with E-state index in [4.69, 9.17) is 16.3 Å². The predicted molar refractivity (Wildman–Crippen MR) is 142 cm³/mol. The van der Waals surface area contributed by atoms with E-state index in [-0.39, 0.29) is 34.5 Å². The number of esters is 1. The minimum absolute atomic E-state index is 0.139. The molecule has 8 nitrogen and oxygen atoms in total. The Hall–Kier alpha value is -4.43. The Morgan fingerprint density at radius 1 is 0.919 bits per heavy atom. The number of imide groups is 1. The van der Waals surface area contributed by atoms with Crippen LogP contribution < -0.4 is 15.5 Å². The highest BCUT2D eigenvalue weighted by Crippen LogP contribution is 2.31. The largest absolute Gasteiger partial charge is 0.462 e. The van der Waals surface area contributed by atoms with Crippen LogP contribution in [0.25, 0.3) is 0 Å². The maximum atomic E-state index is 13.2. The van der Waals surface area contributed by atoms with Crippen molar-refractivity contribution in [1.82, 2.24) is 0 Å². The van der Waals surface area contributed by atoms with Gasteiger partial charge in [0.1, 0.15) is 10.7 Å². The maximum Gasteiger partial charge on any atom is 0.338 e. The third-order valence-electron chi connectivity index (χ3n) is 5.68. The van der Waals surface area contributed by atoms with Crippen LogP contribution in [0.3, 0.4) is 0 Å². The highest BCUT2D eigenvalue weighted by atomic mass is 35.5. The molecule has 0 radical (unpaired) electrons. The van der Waals surface area contributed by atoms with Crippen molar-refractivity contribution >= 4 is 52.4 Å². The molecule has 0 aliphatic carbocycles. The molecular weight excluding hydrogens is 494 g/mol. The van der Waals surface area contributed by atoms with E-state index in [1.807, 2.05) is 32.0 Å². The van der Waals surface area contributed by atoms with Crippen molar-refractivity contribution in [3.8, 4) is 0 Å². The van der Waals surface area contributed by atoms with Crippen molar-refractivity contribution in [2.45, 2.75) is 20.8 Å². The third kappa shape index (κ3) is 5.39. The van der Waals surface area contributed by atoms with Gasteiger partial charge in [-0.1, -0.05) is 35.9 Å². The second-order valence-corrected chi connectivity index (χ2v) is 8.76. The van der Waals surface area contributed by atoms with Gasteiger partial charge in [0.2, 0.25) is 0 Å². The lowest BCUT2D eigenvalue weighted by molar-refractivity contribution is -0.120. The van der Waals surface area contributed by atoms with Crippen LogP contribution in [0.15, 0.2) is 77.5 Å². The number of nitrogens with one attached hydrogen (secondary N) is 2. The van der Waals surface area contributed by atoms with Crippen molar-refractivity contribution in [3.63, 3.8) is 0 Å². The smallest absolute Gasteiger partial charge is 0.338 e. The minimum Gasteiger partial charge on any atom is -0.462 e. The number of hydrogen-bond acceptors (Lipinski definition) is 6. The van der Waals surface area contributed by atoms with Gasteiger partial charge in [0.05, 0.1) is 17.9 Å². The van der Waals surface area contributed by atoms with Crippen molar-refractivity contribution in [3.05, 3.63) is 99.7 Å². The second kappa shape index (κ2) is 10.7. The van der Waals surface area contributed by atoms with Gasteiger partial charge in [0.25, 0.3) is 17.7 Å². The molecule has 2 N–H and O–H groups in total. The van der Waals surface area contributed by atoms with E-state index in [0.717, 1.165) is 16.0 Å². The molecule has 3 aromatic rings. The highest BCUT2D eigenvalue weighted by Gasteiger charge is 2.39. The van der Waals surface area contributed by atoms with E-state index in [1.165, 1.54) is 18.2 Å². The molecule has 1 heterocycles. The Morgan fingerprint density at radius 2 is 1.65 bits per heavy atom. The fraction of sp³-hybridized carbons (Fsp3) is 0.143. The number of carbonyl (C=O) groups excluding carboxylic acids is 4. The molecule has 9 heteroatoms. The van der Waals surface area contributed by atoms with Crippen LogP contribution in [0.2, 0.25) is 0 Å². The zero-order valence-electron chi connectivity index (χ0n) is 20.4. The molecular formula is C28H24ClN3O5. The van der Waals surface area contributed by atoms with E-state index in [9.17, 15) is 19.2 Å². The Morgan fingerprint density at radius 3 is 2.41 bits per heavy atom. The molecule has 4 rings (SSSR count). The molecule has 0 saturated carbocycles. The summed E-state index contributed by atoms with van der Waals surface area (Å²) in [6, 6.07) is 18.2. The number of anilines is 3. The zero-order chi connectivity index (χ0) is 26.7. The molecule has 0 spiro atoms. The van der Waals surface area contributed by atoms with E-state index >= 15 is 0 Å². The van der Waals surface area contributed by atoms with Crippen LogP contribution in [0.5, 0.6) is 0 Å². The summed E-state index contributed by atoms with van der Waals surface area (Å²) >= 11 is 6.25. The number of aryl methyl sites for hydroxylation is 2. The summed E-state index contributed by atoms with van der Waals surface area (Å²) in [7, 11) is 0. The Bertz CT molecular complexity index is 1460. The quantitative estimate of drug-likeness (QED) is 0.331. The summed E-state index contributed by atoms with van der Waals surface area (Å²) in [6.07, 6.45) is 0. The fourth-order valence-corrected chi connectivity index (χ4v) is 3.99. The van der Waals surface area contributed by atoms with Gasteiger partial charge in [-0.15, -0.1) is 0 Å². The van der Waals surface area contributed by atoms with Crippen LogP contribution in [0.4, 0.5) is 17.1 Å². The standard InChI is InChI=1S/C28H24ClN3O5/c1-4-37-28(36)19-8-6-10-21(15-19)32-26(34)23(29)24(27(32)35)30-20-9-5-7-18(14-20)25(33)31-22-13-16(2)11-12-17(22)3/h5-15,30H,4H2,1-3H3,(H,31,33). The van der Waals surface area contributed by atoms with E-state index in [0.29, 0.717) is 16.9 Å². The monoisotopic (exact) mass is 517 g/mol. The van der Waals surface area contributed by atoms with Crippen LogP contribution in [-0.4, -0.2) is 30.3 Å². The van der Waals surface area contributed by atoms with Gasteiger partial charge in [-0.25, -0.2) is 9.69 Å². The number of rotatable bonds is 7. The topological polar surface area (TPSA) is 105 Å². The van der Waals surface area contributed by atoms with Gasteiger partial charge in [-0.3, -0.25) is 14.4 Å². The third-order valence-corrected chi connectivity index (χ3v) is 6.03. The molecule has 0 saturated heterocycles. The van der Waals surface area contributed by atoms with E-state index < -0.39 is 17.8 Å². The van der Waals surface area contributed by atoms with Gasteiger partial charge < -0.3 is 15.4 Å². The van der Waals surface area contributed by atoms with Crippen LogP contribution in [-0.2, 0) is 14.3 Å². The first-order valence-electron chi connectivity index (χ1n) is 11.5. The van der Waals surface area contributed by atoms with Crippen LogP contribution in [0, 0.1) is 13.8 Å². The molecule has 0 bridgehead atoms. The number of ether oxygens (including phenoxy) is 1. The molecule has 188 valence electrons. The van der Waals surface area contributed by atoms with E-state index in [2.05, 4.69) is 10.6 Å². The minimum atomic E-state index is -0.737. The summed E-state index contributed by atoms with van der Waals surface area (Å²) in [5, 5.41) is 5.46. The number of nitrogens with zero attached hydrogens (tertiary/aromatic N) is 1. The molecule has 1 aliphatic rings. The molecule has 0 atom stereocenters. The first-order valence-corrected chi connectivity index (χ1v) is 11.9. The maximum absolute atomic E-state index is 13.2. The van der Waals surface area contributed by atoms with Gasteiger partial charge in [-0.05, 0) is 74.4 Å². The number of benzene rings is 3. The molecule has 3 aromatic carbocycles. The molecule has 37 heavy (non-hydrogen) atoms. The fourth-order valence-electron chi connectivity index (χ4n) is 3.78. The second-order valence-electron chi connectivity index (χ2n) is 8.38. The molecule has 0 aromatic heterocycles. The normalized spacial score (nSPS) is 13.1. The summed E-state index contributed by atoms with van der Waals surface area (Å²) in [4.78, 5) is 51.9. The first-order chi connectivity index (χ1) is 17.7. The lowest BCUT2D eigenvalue weighted by Gasteiger charge is -2.16. The van der Waals surface area contributed by atoms with E-state index in [1.54, 1.807) is 37.3 Å². The van der Waals surface area contributed by atoms with Gasteiger partial charge in [0, 0.05) is 16.9 Å². The van der Waals surface area contributed by atoms with Crippen molar-refractivity contribution < 1.29 is 23.9 Å². The Labute approximate surface area is 218 Å². The molecule has 1 aliphatic heterocycles. The SMILES string of the molecule is CCOC(=O)c1cccc(N2C(=O)C(Cl)=C(Nc3cccc(C(=O)Nc4cc(C)ccc4C)c3)C2=O)c1. The first kappa shape index (κ1) is 25.7. The van der Waals surface area contributed by atoms with Crippen LogP contribution in [0.1, 0.15) is 38.8 Å². The van der Waals surface area contributed by atoms with Crippen molar-refractivity contribution in [2.24, 2.45) is 0 Å². The Balaban J connectivity index is 1.54. The van der Waals surface area contributed by atoms with Crippen molar-refractivity contribution in [2.75, 3.05) is 22.1 Å².